The summed E-state index contributed by atoms with van der Waals surface area (Å²) in [5, 5.41) is 1.93. The Morgan fingerprint density at radius 2 is 1.43 bits per heavy atom. The maximum absolute atomic E-state index is 6.78. The first kappa shape index (κ1) is 17.4. The first-order valence-electron chi connectivity index (χ1n) is 10.1. The predicted molar refractivity (Wildman–Crippen MR) is 124 cm³/mol. The van der Waals surface area contributed by atoms with E-state index in [4.69, 9.17) is 11.6 Å². The molecular weight excluding hydrogens is 386 g/mol. The molecule has 1 aromatic heterocycles. The van der Waals surface area contributed by atoms with E-state index in [1.807, 2.05) is 18.3 Å². The zero-order valence-corrected chi connectivity index (χ0v) is 17.0. The van der Waals surface area contributed by atoms with Crippen LogP contribution < -0.4 is 0 Å². The minimum Gasteiger partial charge on any atom is -0.256 e. The van der Waals surface area contributed by atoms with E-state index in [1.165, 1.54) is 27.8 Å². The van der Waals surface area contributed by atoms with Gasteiger partial charge in [0, 0.05) is 22.2 Å². The summed E-state index contributed by atoms with van der Waals surface area (Å²) in [6.07, 6.45) is 1.84. The minimum atomic E-state index is -0.428. The van der Waals surface area contributed by atoms with Gasteiger partial charge in [-0.2, -0.15) is 0 Å². The average Bonchev–Trinajstić information content (AvgIpc) is 3.12. The fourth-order valence-corrected chi connectivity index (χ4v) is 5.35. The quantitative estimate of drug-likeness (QED) is 0.296. The number of benzene rings is 4. The standard InChI is InChI=1S/C28H18ClN/c29-25-14-6-13-24-27(25)22-11-4-5-12-23(22)28(24,20-9-2-1-3-10-20)21-15-16-26-19(18-21)8-7-17-30-26/h1-18H. The molecule has 6 rings (SSSR count). The van der Waals surface area contributed by atoms with Gasteiger partial charge in [-0.15, -0.1) is 0 Å². The SMILES string of the molecule is Clc1cccc2c1-c1ccccc1C2(c1ccccc1)c1ccc2ncccc2c1. The number of aromatic nitrogens is 1. The highest BCUT2D eigenvalue weighted by Crippen LogP contribution is 2.57. The van der Waals surface area contributed by atoms with Crippen molar-refractivity contribution < 1.29 is 0 Å². The van der Waals surface area contributed by atoms with Crippen molar-refractivity contribution in [2.24, 2.45) is 0 Å². The molecule has 2 heteroatoms. The van der Waals surface area contributed by atoms with Gasteiger partial charge in [0.1, 0.15) is 0 Å². The first-order valence-corrected chi connectivity index (χ1v) is 10.5. The number of hydrogen-bond donors (Lipinski definition) is 0. The molecule has 0 amide bonds. The van der Waals surface area contributed by atoms with Crippen LogP contribution >= 0.6 is 11.6 Å². The molecule has 5 aromatic rings. The Bertz CT molecular complexity index is 1410. The van der Waals surface area contributed by atoms with Crippen LogP contribution in [0.5, 0.6) is 0 Å². The fourth-order valence-electron chi connectivity index (χ4n) is 5.07. The largest absolute Gasteiger partial charge is 0.256 e. The molecule has 1 unspecified atom stereocenters. The van der Waals surface area contributed by atoms with Gasteiger partial charge in [0.25, 0.3) is 0 Å². The van der Waals surface area contributed by atoms with E-state index < -0.39 is 5.41 Å². The second kappa shape index (κ2) is 6.55. The van der Waals surface area contributed by atoms with Crippen LogP contribution in [0, 0.1) is 0 Å². The monoisotopic (exact) mass is 403 g/mol. The van der Waals surface area contributed by atoms with Crippen molar-refractivity contribution >= 4 is 22.5 Å². The second-order valence-corrected chi connectivity index (χ2v) is 8.14. The minimum absolute atomic E-state index is 0.428. The third-order valence-electron chi connectivity index (χ3n) is 6.26. The second-order valence-electron chi connectivity index (χ2n) is 7.73. The van der Waals surface area contributed by atoms with Crippen LogP contribution in [0.1, 0.15) is 22.3 Å². The summed E-state index contributed by atoms with van der Waals surface area (Å²) in [5.74, 6) is 0. The Morgan fingerprint density at radius 3 is 2.33 bits per heavy atom. The van der Waals surface area contributed by atoms with Gasteiger partial charge in [-0.05, 0) is 52.1 Å². The summed E-state index contributed by atoms with van der Waals surface area (Å²) in [7, 11) is 0. The zero-order chi connectivity index (χ0) is 20.1. The van der Waals surface area contributed by atoms with E-state index in [0.717, 1.165) is 21.5 Å². The molecular formula is C28H18ClN. The number of hydrogen-bond acceptors (Lipinski definition) is 1. The van der Waals surface area contributed by atoms with Gasteiger partial charge in [0.15, 0.2) is 0 Å². The van der Waals surface area contributed by atoms with Crippen LogP contribution in [0.15, 0.2) is 109 Å². The molecule has 1 aliphatic carbocycles. The maximum atomic E-state index is 6.78. The first-order chi connectivity index (χ1) is 14.8. The van der Waals surface area contributed by atoms with E-state index in [9.17, 15) is 0 Å². The molecule has 1 nitrogen and oxygen atoms in total. The van der Waals surface area contributed by atoms with Crippen LogP contribution in [0.3, 0.4) is 0 Å². The van der Waals surface area contributed by atoms with Gasteiger partial charge in [-0.3, -0.25) is 4.98 Å². The molecule has 1 heterocycles. The molecule has 142 valence electrons. The van der Waals surface area contributed by atoms with E-state index in [-0.39, 0.29) is 0 Å². The normalized spacial score (nSPS) is 17.0. The molecule has 0 N–H and O–H groups in total. The molecule has 1 atom stereocenters. The van der Waals surface area contributed by atoms with Gasteiger partial charge in [0.2, 0.25) is 0 Å². The number of pyridine rings is 1. The smallest absolute Gasteiger partial charge is 0.0714 e. The molecule has 0 aliphatic heterocycles. The Hall–Kier alpha value is -3.42. The topological polar surface area (TPSA) is 12.9 Å². The van der Waals surface area contributed by atoms with E-state index in [0.29, 0.717) is 0 Å². The number of halogens is 1. The zero-order valence-electron chi connectivity index (χ0n) is 16.2. The predicted octanol–water partition coefficient (Wildman–Crippen LogP) is 7.25. The number of rotatable bonds is 2. The van der Waals surface area contributed by atoms with Crippen molar-refractivity contribution in [1.29, 1.82) is 0 Å². The Morgan fingerprint density at radius 1 is 0.633 bits per heavy atom. The van der Waals surface area contributed by atoms with Gasteiger partial charge in [-0.1, -0.05) is 90.5 Å². The van der Waals surface area contributed by atoms with Gasteiger partial charge in [0.05, 0.1) is 10.9 Å². The maximum Gasteiger partial charge on any atom is 0.0714 e. The van der Waals surface area contributed by atoms with Gasteiger partial charge >= 0.3 is 0 Å². The van der Waals surface area contributed by atoms with Crippen LogP contribution in [0.4, 0.5) is 0 Å². The van der Waals surface area contributed by atoms with Crippen LogP contribution in [0.2, 0.25) is 5.02 Å². The van der Waals surface area contributed by atoms with Crippen molar-refractivity contribution in [3.63, 3.8) is 0 Å². The van der Waals surface area contributed by atoms with E-state index in [1.54, 1.807) is 0 Å². The lowest BCUT2D eigenvalue weighted by atomic mass is 9.67. The molecule has 4 aromatic carbocycles. The lowest BCUT2D eigenvalue weighted by molar-refractivity contribution is 0.770. The summed E-state index contributed by atoms with van der Waals surface area (Å²) in [4.78, 5) is 4.53. The lowest BCUT2D eigenvalue weighted by Crippen LogP contribution is -2.28. The highest BCUT2D eigenvalue weighted by Gasteiger charge is 2.46. The summed E-state index contributed by atoms with van der Waals surface area (Å²) in [5.41, 5.74) is 7.86. The molecule has 0 spiro atoms. The lowest BCUT2D eigenvalue weighted by Gasteiger charge is -2.34. The molecule has 0 saturated carbocycles. The molecule has 30 heavy (non-hydrogen) atoms. The van der Waals surface area contributed by atoms with E-state index >= 15 is 0 Å². The molecule has 0 saturated heterocycles. The van der Waals surface area contributed by atoms with Crippen molar-refractivity contribution in [3.05, 3.63) is 137 Å². The van der Waals surface area contributed by atoms with Gasteiger partial charge < -0.3 is 0 Å². The van der Waals surface area contributed by atoms with Crippen molar-refractivity contribution in [1.82, 2.24) is 4.98 Å². The molecule has 1 aliphatic rings. The average molecular weight is 404 g/mol. The Labute approximate surface area is 180 Å². The fraction of sp³-hybridized carbons (Fsp3) is 0.0357. The summed E-state index contributed by atoms with van der Waals surface area (Å²) >= 11 is 6.78. The van der Waals surface area contributed by atoms with Crippen LogP contribution in [0.25, 0.3) is 22.0 Å². The third kappa shape index (κ3) is 2.27. The molecule has 0 bridgehead atoms. The molecule has 0 radical (unpaired) electrons. The summed E-state index contributed by atoms with van der Waals surface area (Å²) < 4.78 is 0. The highest BCUT2D eigenvalue weighted by atomic mass is 35.5. The van der Waals surface area contributed by atoms with Crippen molar-refractivity contribution in [2.75, 3.05) is 0 Å². The van der Waals surface area contributed by atoms with Crippen LogP contribution in [-0.2, 0) is 5.41 Å². The summed E-state index contributed by atoms with van der Waals surface area (Å²) in [6.45, 7) is 0. The molecule has 0 fully saturated rings. The van der Waals surface area contributed by atoms with Crippen molar-refractivity contribution in [2.45, 2.75) is 5.41 Å². The number of fused-ring (bicyclic) bond motifs is 4. The number of nitrogens with zero attached hydrogens (tertiary/aromatic N) is 1. The van der Waals surface area contributed by atoms with Crippen LogP contribution in [-0.4, -0.2) is 4.98 Å². The highest BCUT2D eigenvalue weighted by molar-refractivity contribution is 6.34. The van der Waals surface area contributed by atoms with Gasteiger partial charge in [-0.25, -0.2) is 0 Å². The Balaban J connectivity index is 1.81. The Kier molecular flexibility index (Phi) is 3.81. The van der Waals surface area contributed by atoms with E-state index in [2.05, 4.69) is 96.0 Å². The summed E-state index contributed by atoms with van der Waals surface area (Å²) in [6, 6.07) is 36.4. The third-order valence-corrected chi connectivity index (χ3v) is 6.58. The van der Waals surface area contributed by atoms with Crippen molar-refractivity contribution in [3.8, 4) is 11.1 Å².